The average Bonchev–Trinajstić information content (AvgIpc) is 2.62. The number of aromatic nitrogens is 4. The molecule has 11 heteroatoms. The molecule has 1 aromatic rings. The van der Waals surface area contributed by atoms with Crippen molar-refractivity contribution in [1.29, 1.82) is 0 Å². The van der Waals surface area contributed by atoms with Crippen molar-refractivity contribution in [3.8, 4) is 11.5 Å². The summed E-state index contributed by atoms with van der Waals surface area (Å²) in [5.41, 5.74) is 1.15. The predicted molar refractivity (Wildman–Crippen MR) is 100 cm³/mol. The summed E-state index contributed by atoms with van der Waals surface area (Å²) in [7, 11) is 0. The van der Waals surface area contributed by atoms with E-state index in [1.807, 2.05) is 13.8 Å². The fourth-order valence-electron chi connectivity index (χ4n) is 3.04. The van der Waals surface area contributed by atoms with E-state index in [4.69, 9.17) is 0 Å². The van der Waals surface area contributed by atoms with Crippen molar-refractivity contribution in [1.82, 2.24) is 19.5 Å². The van der Waals surface area contributed by atoms with Gasteiger partial charge in [0.1, 0.15) is 0 Å². The molecule has 0 saturated carbocycles. The molecular weight excluding hydrogens is 379 g/mol. The van der Waals surface area contributed by atoms with Crippen LogP contribution >= 0.6 is 0 Å². The maximum atomic E-state index is 12.2. The first-order valence-corrected chi connectivity index (χ1v) is 9.89. The third-order valence-electron chi connectivity index (χ3n) is 4.83. The SMILES string of the molecule is Cc1cc2nc3c(=O)[nH]c(=O)nc-3n(C[C@@H](O)[C@@H](O)[C@@H](O)[CH](O)[Na])c2cc1C. The number of nitrogens with one attached hydrogen (secondary N) is 1. The molecular formula is C17H19N4NaO6. The van der Waals surface area contributed by atoms with Gasteiger partial charge >= 0.3 is 177 Å². The molecule has 0 bridgehead atoms. The molecule has 0 spiro atoms. The quantitative estimate of drug-likeness (QED) is 0.238. The van der Waals surface area contributed by atoms with Crippen LogP contribution in [0.1, 0.15) is 11.1 Å². The molecule has 0 aromatic heterocycles. The van der Waals surface area contributed by atoms with Gasteiger partial charge in [-0.1, -0.05) is 0 Å². The van der Waals surface area contributed by atoms with Crippen molar-refractivity contribution in [2.24, 2.45) is 0 Å². The Balaban J connectivity index is 2.24. The molecule has 1 aromatic carbocycles. The first kappa shape index (κ1) is 21.1. The van der Waals surface area contributed by atoms with E-state index in [1.54, 1.807) is 12.1 Å². The number of fused-ring (bicyclic) bond motifs is 2. The fraction of sp³-hybridized carbons (Fsp3) is 0.412. The van der Waals surface area contributed by atoms with Gasteiger partial charge in [-0.05, 0) is 0 Å². The van der Waals surface area contributed by atoms with Gasteiger partial charge in [-0.25, -0.2) is 0 Å². The normalized spacial score (nSPS) is 16.3. The number of aliphatic hydroxyl groups excluding tert-OH is 4. The third-order valence-corrected chi connectivity index (χ3v) is 5.52. The molecule has 1 unspecified atom stereocenters. The topological polar surface area (TPSA) is 162 Å². The maximum absolute atomic E-state index is 12.2. The van der Waals surface area contributed by atoms with E-state index in [1.165, 1.54) is 4.57 Å². The van der Waals surface area contributed by atoms with Crippen molar-refractivity contribution in [3.05, 3.63) is 44.1 Å². The minimum atomic E-state index is -1.63. The molecule has 10 nitrogen and oxygen atoms in total. The van der Waals surface area contributed by atoms with Crippen LogP contribution in [-0.4, -0.2) is 89.5 Å². The molecule has 144 valence electrons. The van der Waals surface area contributed by atoms with Crippen LogP contribution in [0.15, 0.2) is 21.7 Å². The van der Waals surface area contributed by atoms with Crippen molar-refractivity contribution < 1.29 is 20.4 Å². The van der Waals surface area contributed by atoms with Crippen molar-refractivity contribution in [3.63, 3.8) is 0 Å². The number of aliphatic hydroxyl groups is 4. The van der Waals surface area contributed by atoms with Crippen LogP contribution < -0.4 is 11.2 Å². The van der Waals surface area contributed by atoms with Crippen LogP contribution in [0.25, 0.3) is 22.6 Å². The fourth-order valence-corrected chi connectivity index (χ4v) is 3.44. The molecule has 3 rings (SSSR count). The van der Waals surface area contributed by atoms with E-state index >= 15 is 0 Å². The first-order valence-electron chi connectivity index (χ1n) is 8.74. The predicted octanol–water partition coefficient (Wildman–Crippen LogP) is -2.23. The second-order valence-corrected chi connectivity index (χ2v) is 8.16. The Morgan fingerprint density at radius 2 is 1.71 bits per heavy atom. The summed E-state index contributed by atoms with van der Waals surface area (Å²) >= 11 is 0.206. The Labute approximate surface area is 176 Å². The monoisotopic (exact) mass is 398 g/mol. The van der Waals surface area contributed by atoms with E-state index < -0.39 is 32.9 Å². The summed E-state index contributed by atoms with van der Waals surface area (Å²) in [5.74, 6) is -0.0448. The van der Waals surface area contributed by atoms with Crippen LogP contribution in [0.4, 0.5) is 0 Å². The molecule has 0 fully saturated rings. The van der Waals surface area contributed by atoms with Gasteiger partial charge in [-0.3, -0.25) is 0 Å². The summed E-state index contributed by atoms with van der Waals surface area (Å²) in [5, 5.41) is 40.0. The molecule has 0 amide bonds. The van der Waals surface area contributed by atoms with Gasteiger partial charge in [0, 0.05) is 0 Å². The van der Waals surface area contributed by atoms with Gasteiger partial charge in [-0.15, -0.1) is 0 Å². The van der Waals surface area contributed by atoms with Crippen LogP contribution in [0.3, 0.4) is 0 Å². The molecule has 28 heavy (non-hydrogen) atoms. The molecule has 0 saturated heterocycles. The van der Waals surface area contributed by atoms with Crippen molar-refractivity contribution in [2.75, 3.05) is 0 Å². The standard InChI is InChI=1S/C17H19N4O6.Na/c1-7-3-9-10(4-8(7)2)21(5-11(23)14(25)12(24)6-22)15-13(18-9)16(26)20-17(27)19-15;/h3-4,6,11-12,14,22-25H,5H2,1-2H3,(H,20,26,27);/t11-,12+,14-;/m1./s1. The van der Waals surface area contributed by atoms with E-state index in [0.29, 0.717) is 11.0 Å². The van der Waals surface area contributed by atoms with E-state index in [9.17, 15) is 30.0 Å². The zero-order valence-electron chi connectivity index (χ0n) is 15.6. The van der Waals surface area contributed by atoms with E-state index in [0.717, 1.165) is 11.1 Å². The van der Waals surface area contributed by atoms with Gasteiger partial charge in [0.25, 0.3) is 0 Å². The number of H-pyrrole nitrogens is 1. The van der Waals surface area contributed by atoms with Crippen LogP contribution in [0.2, 0.25) is 0 Å². The van der Waals surface area contributed by atoms with Crippen LogP contribution in [-0.2, 0) is 6.54 Å². The molecule has 4 atom stereocenters. The van der Waals surface area contributed by atoms with Crippen molar-refractivity contribution in [2.45, 2.75) is 42.1 Å². The number of hydrogen-bond acceptors (Lipinski definition) is 8. The number of aryl methyl sites for hydroxylation is 2. The number of benzene rings is 1. The zero-order chi connectivity index (χ0) is 20.7. The first-order chi connectivity index (χ1) is 13.1. The second-order valence-electron chi connectivity index (χ2n) is 6.98. The van der Waals surface area contributed by atoms with E-state index in [-0.39, 0.29) is 46.0 Å². The molecule has 0 aliphatic carbocycles. The Bertz CT molecular complexity index is 1110. The summed E-state index contributed by atoms with van der Waals surface area (Å²) < 4.78 is 0.292. The summed E-state index contributed by atoms with van der Waals surface area (Å²) in [6.07, 6.45) is -4.63. The van der Waals surface area contributed by atoms with Gasteiger partial charge in [-0.2, -0.15) is 0 Å². The van der Waals surface area contributed by atoms with E-state index in [2.05, 4.69) is 15.0 Å². The summed E-state index contributed by atoms with van der Waals surface area (Å²) in [4.78, 5) is 34.1. The number of nitrogens with zero attached hydrogens (tertiary/aromatic N) is 3. The second kappa shape index (κ2) is 7.99. The Hall–Kier alpha value is -1.66. The van der Waals surface area contributed by atoms with Crippen LogP contribution in [0, 0.1) is 13.8 Å². The summed E-state index contributed by atoms with van der Waals surface area (Å²) in [6.45, 7) is 3.48. The molecule has 2 aliphatic heterocycles. The van der Waals surface area contributed by atoms with Crippen molar-refractivity contribution >= 4 is 39.0 Å². The number of rotatable bonds is 5. The molecule has 2 aliphatic rings. The Morgan fingerprint density at radius 3 is 2.36 bits per heavy atom. The summed E-state index contributed by atoms with van der Waals surface area (Å²) in [6, 6.07) is 3.55. The third kappa shape index (κ3) is 3.90. The molecule has 5 N–H and O–H groups in total. The van der Waals surface area contributed by atoms with Gasteiger partial charge < -0.3 is 0 Å². The Morgan fingerprint density at radius 1 is 1.07 bits per heavy atom. The molecule has 0 radical (unpaired) electrons. The number of hydrogen-bond donors (Lipinski definition) is 5. The van der Waals surface area contributed by atoms with Gasteiger partial charge in [0.2, 0.25) is 0 Å². The zero-order valence-corrected chi connectivity index (χ0v) is 17.6. The molecule has 2 heterocycles. The number of aromatic amines is 1. The minimum absolute atomic E-state index is 0.0448. The van der Waals surface area contributed by atoms with Gasteiger partial charge in [0.15, 0.2) is 0 Å². The average molecular weight is 398 g/mol. The van der Waals surface area contributed by atoms with Gasteiger partial charge in [0.05, 0.1) is 0 Å². The van der Waals surface area contributed by atoms with Crippen LogP contribution in [0.5, 0.6) is 0 Å². The Kier molecular flexibility index (Phi) is 6.01.